The second-order valence-electron chi connectivity index (χ2n) is 5.19. The largest absolute Gasteiger partial charge is 0.480 e. The smallest absolute Gasteiger partial charge is 0.246 e. The van der Waals surface area contributed by atoms with E-state index in [0.717, 1.165) is 29.2 Å². The molecule has 2 heterocycles. The molecule has 1 aliphatic heterocycles. The van der Waals surface area contributed by atoms with Crippen LogP contribution in [0.2, 0.25) is 0 Å². The van der Waals surface area contributed by atoms with Crippen molar-refractivity contribution in [3.63, 3.8) is 0 Å². The van der Waals surface area contributed by atoms with Gasteiger partial charge in [0.25, 0.3) is 0 Å². The number of rotatable bonds is 4. The second kappa shape index (κ2) is 5.69. The SMILES string of the molecule is CCC(N)(CC)c1nc(C2CSc3ccccc3O2)no1. The van der Waals surface area contributed by atoms with E-state index in [1.807, 2.05) is 32.0 Å². The van der Waals surface area contributed by atoms with E-state index in [1.165, 1.54) is 0 Å². The van der Waals surface area contributed by atoms with Gasteiger partial charge < -0.3 is 15.0 Å². The van der Waals surface area contributed by atoms with Crippen LogP contribution in [0, 0.1) is 0 Å². The summed E-state index contributed by atoms with van der Waals surface area (Å²) in [5, 5.41) is 4.07. The van der Waals surface area contributed by atoms with E-state index in [2.05, 4.69) is 16.2 Å². The fraction of sp³-hybridized carbons (Fsp3) is 0.467. The molecule has 0 aliphatic carbocycles. The maximum atomic E-state index is 6.30. The first-order valence-corrected chi connectivity index (χ1v) is 8.16. The normalized spacial score (nSPS) is 18.1. The van der Waals surface area contributed by atoms with Crippen LogP contribution < -0.4 is 10.5 Å². The minimum absolute atomic E-state index is 0.194. The summed E-state index contributed by atoms with van der Waals surface area (Å²) in [6, 6.07) is 7.98. The summed E-state index contributed by atoms with van der Waals surface area (Å²) >= 11 is 1.74. The van der Waals surface area contributed by atoms with Gasteiger partial charge in [0.2, 0.25) is 11.7 Å². The van der Waals surface area contributed by atoms with Crippen LogP contribution in [0.5, 0.6) is 5.75 Å². The third-order valence-corrected chi connectivity index (χ3v) is 5.04. The quantitative estimate of drug-likeness (QED) is 0.934. The number of para-hydroxylation sites is 1. The Bertz CT molecular complexity index is 625. The van der Waals surface area contributed by atoms with Crippen LogP contribution in [-0.2, 0) is 5.54 Å². The predicted molar refractivity (Wildman–Crippen MR) is 81.3 cm³/mol. The van der Waals surface area contributed by atoms with Crippen molar-refractivity contribution in [3.05, 3.63) is 36.0 Å². The number of hydrogen-bond donors (Lipinski definition) is 1. The van der Waals surface area contributed by atoms with Gasteiger partial charge in [0.15, 0.2) is 6.10 Å². The average Bonchev–Trinajstić information content (AvgIpc) is 3.04. The van der Waals surface area contributed by atoms with Crippen molar-refractivity contribution in [2.75, 3.05) is 5.75 Å². The fourth-order valence-corrected chi connectivity index (χ4v) is 3.25. The molecule has 0 fully saturated rings. The number of fused-ring (bicyclic) bond motifs is 1. The van der Waals surface area contributed by atoms with Crippen molar-refractivity contribution >= 4 is 11.8 Å². The van der Waals surface area contributed by atoms with Gasteiger partial charge in [-0.3, -0.25) is 0 Å². The van der Waals surface area contributed by atoms with Crippen molar-refractivity contribution < 1.29 is 9.26 Å². The van der Waals surface area contributed by atoms with E-state index in [0.29, 0.717) is 11.7 Å². The Hall–Kier alpha value is -1.53. The maximum absolute atomic E-state index is 6.30. The standard InChI is InChI=1S/C15H19N3O2S/c1-3-15(16,4-2)14-17-13(18-20-14)11-9-21-12-8-6-5-7-10(12)19-11/h5-8,11H,3-4,9,16H2,1-2H3. The van der Waals surface area contributed by atoms with Gasteiger partial charge in [-0.1, -0.05) is 31.1 Å². The molecule has 112 valence electrons. The van der Waals surface area contributed by atoms with Crippen molar-refractivity contribution in [1.29, 1.82) is 0 Å². The van der Waals surface area contributed by atoms with Gasteiger partial charge >= 0.3 is 0 Å². The van der Waals surface area contributed by atoms with Gasteiger partial charge in [-0.05, 0) is 25.0 Å². The van der Waals surface area contributed by atoms with E-state index >= 15 is 0 Å². The molecule has 0 amide bonds. The molecule has 1 aromatic carbocycles. The topological polar surface area (TPSA) is 74.2 Å². The van der Waals surface area contributed by atoms with E-state index in [1.54, 1.807) is 11.8 Å². The van der Waals surface area contributed by atoms with Crippen molar-refractivity contribution in [1.82, 2.24) is 10.1 Å². The summed E-state index contributed by atoms with van der Waals surface area (Å²) < 4.78 is 11.3. The highest BCUT2D eigenvalue weighted by atomic mass is 32.2. The molecule has 1 unspecified atom stereocenters. The highest BCUT2D eigenvalue weighted by Gasteiger charge is 2.33. The van der Waals surface area contributed by atoms with Crippen LogP contribution in [0.4, 0.5) is 0 Å². The van der Waals surface area contributed by atoms with Gasteiger partial charge in [0.1, 0.15) is 5.75 Å². The monoisotopic (exact) mass is 305 g/mol. The highest BCUT2D eigenvalue weighted by Crippen LogP contribution is 2.39. The second-order valence-corrected chi connectivity index (χ2v) is 6.25. The number of ether oxygens (including phenoxy) is 1. The fourth-order valence-electron chi connectivity index (χ4n) is 2.27. The molecule has 0 spiro atoms. The van der Waals surface area contributed by atoms with Gasteiger partial charge in [-0.2, -0.15) is 4.98 Å². The van der Waals surface area contributed by atoms with Crippen LogP contribution in [0.1, 0.15) is 44.5 Å². The van der Waals surface area contributed by atoms with Crippen molar-refractivity contribution in [3.8, 4) is 5.75 Å². The lowest BCUT2D eigenvalue weighted by Crippen LogP contribution is -2.35. The average molecular weight is 305 g/mol. The van der Waals surface area contributed by atoms with Crippen LogP contribution in [0.15, 0.2) is 33.7 Å². The van der Waals surface area contributed by atoms with Crippen LogP contribution in [-0.4, -0.2) is 15.9 Å². The summed E-state index contributed by atoms with van der Waals surface area (Å²) in [7, 11) is 0. The molecule has 1 atom stereocenters. The summed E-state index contributed by atoms with van der Waals surface area (Å²) in [5.41, 5.74) is 5.74. The zero-order valence-corrected chi connectivity index (χ0v) is 13.0. The first kappa shape index (κ1) is 14.4. The van der Waals surface area contributed by atoms with E-state index in [9.17, 15) is 0 Å². The maximum Gasteiger partial charge on any atom is 0.246 e. The minimum Gasteiger partial charge on any atom is -0.480 e. The summed E-state index contributed by atoms with van der Waals surface area (Å²) in [4.78, 5) is 5.63. The molecule has 0 saturated heterocycles. The molecule has 6 heteroatoms. The van der Waals surface area contributed by atoms with E-state index in [4.69, 9.17) is 15.0 Å². The number of thioether (sulfide) groups is 1. The third-order valence-electron chi connectivity index (χ3n) is 3.93. The summed E-state index contributed by atoms with van der Waals surface area (Å²) in [5.74, 6) is 2.71. The molecule has 2 aromatic rings. The van der Waals surface area contributed by atoms with Crippen molar-refractivity contribution in [2.45, 2.75) is 43.2 Å². The molecule has 21 heavy (non-hydrogen) atoms. The Labute approximate surface area is 128 Å². The summed E-state index contributed by atoms with van der Waals surface area (Å²) in [6.07, 6.45) is 1.32. The van der Waals surface area contributed by atoms with Crippen LogP contribution in [0.3, 0.4) is 0 Å². The molecule has 0 bridgehead atoms. The molecule has 1 aromatic heterocycles. The minimum atomic E-state index is -0.551. The Balaban J connectivity index is 1.82. The van der Waals surface area contributed by atoms with Crippen LogP contribution >= 0.6 is 11.8 Å². The highest BCUT2D eigenvalue weighted by molar-refractivity contribution is 7.99. The van der Waals surface area contributed by atoms with E-state index in [-0.39, 0.29) is 6.10 Å². The first-order valence-electron chi connectivity index (χ1n) is 7.17. The predicted octanol–water partition coefficient (Wildman–Crippen LogP) is 3.27. The number of hydrogen-bond acceptors (Lipinski definition) is 6. The van der Waals surface area contributed by atoms with Gasteiger partial charge in [0.05, 0.1) is 5.54 Å². The molecule has 2 N–H and O–H groups in total. The molecular formula is C15H19N3O2S. The lowest BCUT2D eigenvalue weighted by molar-refractivity contribution is 0.204. The molecule has 1 aliphatic rings. The zero-order valence-electron chi connectivity index (χ0n) is 12.2. The molecule has 3 rings (SSSR count). The van der Waals surface area contributed by atoms with Gasteiger partial charge in [-0.15, -0.1) is 11.8 Å². The Morgan fingerprint density at radius 3 is 2.86 bits per heavy atom. The van der Waals surface area contributed by atoms with Crippen LogP contribution in [0.25, 0.3) is 0 Å². The lowest BCUT2D eigenvalue weighted by atomic mass is 9.94. The van der Waals surface area contributed by atoms with Gasteiger partial charge in [0, 0.05) is 10.6 Å². The molecule has 0 radical (unpaired) electrons. The third kappa shape index (κ3) is 2.65. The number of benzene rings is 1. The summed E-state index contributed by atoms with van der Waals surface area (Å²) in [6.45, 7) is 4.05. The Morgan fingerprint density at radius 1 is 1.33 bits per heavy atom. The van der Waals surface area contributed by atoms with Crippen molar-refractivity contribution in [2.24, 2.45) is 5.73 Å². The number of nitrogens with two attached hydrogens (primary N) is 1. The lowest BCUT2D eigenvalue weighted by Gasteiger charge is -2.23. The van der Waals surface area contributed by atoms with E-state index < -0.39 is 5.54 Å². The molecule has 5 nitrogen and oxygen atoms in total. The molecule has 0 saturated carbocycles. The number of nitrogens with zero attached hydrogens (tertiary/aromatic N) is 2. The zero-order chi connectivity index (χ0) is 14.9. The number of aromatic nitrogens is 2. The van der Waals surface area contributed by atoms with Gasteiger partial charge in [-0.25, -0.2) is 0 Å². The molecular weight excluding hydrogens is 286 g/mol. The Morgan fingerprint density at radius 2 is 2.10 bits per heavy atom. The first-order chi connectivity index (χ1) is 10.2. The Kier molecular flexibility index (Phi) is 3.91.